The van der Waals surface area contributed by atoms with Crippen molar-refractivity contribution < 1.29 is 80.7 Å². The summed E-state index contributed by atoms with van der Waals surface area (Å²) in [6.45, 7) is -2.05. The number of phosphoric acid groups is 3. The fourth-order valence-corrected chi connectivity index (χ4v) is 7.64. The number of rotatable bonds is 13. The summed E-state index contributed by atoms with van der Waals surface area (Å²) in [4.78, 5) is 63.6. The number of aromatic nitrogens is 4. The Kier molecular flexibility index (Phi) is 10.6. The molecule has 3 aliphatic heterocycles. The Balaban J connectivity index is 1.21. The Hall–Kier alpha value is -2.73. The number of fused-ring (bicyclic) bond motifs is 1. The molecule has 5 heterocycles. The maximum absolute atomic E-state index is 12.6. The van der Waals surface area contributed by atoms with Gasteiger partial charge >= 0.3 is 23.5 Å². The average Bonchev–Trinajstić information content (AvgIpc) is 3.64. The zero-order valence-corrected chi connectivity index (χ0v) is 26.8. The number of primary amides is 1. The molecule has 0 spiro atoms. The van der Waals surface area contributed by atoms with Crippen LogP contribution in [0, 0.1) is 0 Å². The van der Waals surface area contributed by atoms with Gasteiger partial charge in [-0.3, -0.25) is 22.9 Å². The molecule has 5 rings (SSSR count). The van der Waals surface area contributed by atoms with E-state index in [2.05, 4.69) is 23.8 Å². The van der Waals surface area contributed by atoms with E-state index >= 15 is 0 Å². The van der Waals surface area contributed by atoms with Crippen LogP contribution in [0.1, 0.15) is 12.6 Å². The molecule has 2 fully saturated rings. The van der Waals surface area contributed by atoms with Gasteiger partial charge in [-0.25, -0.2) is 28.6 Å². The molecule has 24 nitrogen and oxygen atoms in total. The van der Waals surface area contributed by atoms with E-state index in [1.807, 2.05) is 0 Å². The van der Waals surface area contributed by atoms with Gasteiger partial charge < -0.3 is 60.7 Å². The third kappa shape index (κ3) is 8.01. The first-order valence-corrected chi connectivity index (χ1v) is 18.0. The van der Waals surface area contributed by atoms with E-state index in [9.17, 15) is 53.4 Å². The monoisotopic (exact) mass is 745 g/mol. The standard InChI is InChI=1S/C21H30N7O17P3/c22-17-12-19(25-7-24-17)28(8-26-12)21-16(44-46(33,34)35)14(30)11(43-21)6-41-48(38,39)45-47(36,37)40-5-10-13(29)15(31)20(42-10)27-4-2-1-3-9(27)18(23)32/h2-4,7-8,10-11,13-16,20-21,29-31H,1,5-6H2,(H2,23,32)(H,36,37)(H,38,39)(H2,22,24,25)(H2,33,34,35)/t10-,11-,13+,14+,15-,16-,20-,21-/m1/s1. The number of nitrogens with two attached hydrogens (primary N) is 2. The van der Waals surface area contributed by atoms with Crippen molar-refractivity contribution in [3.05, 3.63) is 36.7 Å². The predicted octanol–water partition coefficient (Wildman–Crippen LogP) is -2.57. The van der Waals surface area contributed by atoms with Crippen molar-refractivity contribution in [1.29, 1.82) is 0 Å². The Morgan fingerprint density at radius 1 is 0.938 bits per heavy atom. The van der Waals surface area contributed by atoms with Gasteiger partial charge in [-0.05, 0) is 6.42 Å². The number of carbonyl (C=O) groups excluding carboxylic acids is 1. The van der Waals surface area contributed by atoms with E-state index in [1.165, 1.54) is 12.3 Å². The molecule has 2 aromatic rings. The molecule has 0 radical (unpaired) electrons. The SMILES string of the molecule is NC(=O)C1=CCC=CN1[C@@H]1O[C@H](COP(=O)(O)OP(=O)(O)OC[C@H]2O[C@@H](n3cnc4c(N)ncnc43)[C@H](OP(=O)(O)O)[C@H]2O)[C@H](O)[C@H]1O. The third-order valence-corrected chi connectivity index (χ3v) is 10.2. The van der Waals surface area contributed by atoms with Crippen molar-refractivity contribution in [1.82, 2.24) is 24.4 Å². The van der Waals surface area contributed by atoms with Crippen LogP contribution in [0.2, 0.25) is 0 Å². The maximum Gasteiger partial charge on any atom is 0.481 e. The van der Waals surface area contributed by atoms with Gasteiger partial charge in [0.2, 0.25) is 0 Å². The van der Waals surface area contributed by atoms with E-state index in [-0.39, 0.29) is 22.7 Å². The second-order valence-corrected chi connectivity index (χ2v) is 14.6. The van der Waals surface area contributed by atoms with Crippen molar-refractivity contribution in [3.63, 3.8) is 0 Å². The van der Waals surface area contributed by atoms with E-state index < -0.39 is 91.7 Å². The quantitative estimate of drug-likeness (QED) is 0.0951. The summed E-state index contributed by atoms with van der Waals surface area (Å²) in [7, 11) is -16.3. The van der Waals surface area contributed by atoms with Crippen LogP contribution in [0.25, 0.3) is 11.2 Å². The first kappa shape index (κ1) is 36.5. The number of nitrogen functional groups attached to an aromatic ring is 1. The molecule has 10 atom stereocenters. The summed E-state index contributed by atoms with van der Waals surface area (Å²) in [5, 5.41) is 31.6. The van der Waals surface area contributed by atoms with Crippen LogP contribution in [0.4, 0.5) is 5.82 Å². The molecular weight excluding hydrogens is 715 g/mol. The summed E-state index contributed by atoms with van der Waals surface area (Å²) in [6, 6.07) is 0. The number of hydrogen-bond acceptors (Lipinski definition) is 18. The number of amides is 1. The highest BCUT2D eigenvalue weighted by molar-refractivity contribution is 7.61. The molecule has 2 aromatic heterocycles. The molecule has 2 saturated heterocycles. The van der Waals surface area contributed by atoms with Gasteiger partial charge in [-0.1, -0.05) is 12.2 Å². The molecule has 266 valence electrons. The second kappa shape index (κ2) is 13.9. The lowest BCUT2D eigenvalue weighted by molar-refractivity contribution is -0.119. The second-order valence-electron chi connectivity index (χ2n) is 10.3. The highest BCUT2D eigenvalue weighted by Crippen LogP contribution is 2.61. The van der Waals surface area contributed by atoms with Crippen molar-refractivity contribution in [3.8, 4) is 0 Å². The van der Waals surface area contributed by atoms with Gasteiger partial charge in [0, 0.05) is 6.20 Å². The first-order valence-electron chi connectivity index (χ1n) is 13.5. The number of allylic oxidation sites excluding steroid dienone is 2. The van der Waals surface area contributed by atoms with Crippen molar-refractivity contribution in [2.75, 3.05) is 18.9 Å². The fourth-order valence-electron chi connectivity index (χ4n) is 5.01. The predicted molar refractivity (Wildman–Crippen MR) is 153 cm³/mol. The molecule has 1 amide bonds. The smallest absolute Gasteiger partial charge is 0.387 e. The van der Waals surface area contributed by atoms with Gasteiger partial charge in [0.05, 0.1) is 19.5 Å². The number of nitrogens with zero attached hydrogens (tertiary/aromatic N) is 5. The Morgan fingerprint density at radius 3 is 2.19 bits per heavy atom. The lowest BCUT2D eigenvalue weighted by atomic mass is 10.1. The van der Waals surface area contributed by atoms with E-state index in [4.69, 9.17) is 30.0 Å². The van der Waals surface area contributed by atoms with Crippen LogP contribution in [-0.4, -0.2) is 121 Å². The summed E-state index contributed by atoms with van der Waals surface area (Å²) < 4.78 is 67.2. The minimum absolute atomic E-state index is 0.00230. The van der Waals surface area contributed by atoms with Gasteiger partial charge in [-0.2, -0.15) is 4.31 Å². The molecule has 0 aliphatic carbocycles. The zero-order chi connectivity index (χ0) is 35.2. The third-order valence-electron chi connectivity index (χ3n) is 7.10. The van der Waals surface area contributed by atoms with Crippen LogP contribution in [-0.2, 0) is 45.8 Å². The van der Waals surface area contributed by atoms with Crippen LogP contribution < -0.4 is 11.5 Å². The Bertz CT molecular complexity index is 1740. The van der Waals surface area contributed by atoms with Crippen molar-refractivity contribution in [2.45, 2.75) is 55.5 Å². The average molecular weight is 745 g/mol. The van der Waals surface area contributed by atoms with Crippen LogP contribution in [0.5, 0.6) is 0 Å². The van der Waals surface area contributed by atoms with Crippen LogP contribution in [0.15, 0.2) is 36.7 Å². The lowest BCUT2D eigenvalue weighted by Crippen LogP contribution is -2.44. The topological polar surface area (TPSA) is 364 Å². The Labute approximate surface area is 268 Å². The highest BCUT2D eigenvalue weighted by atomic mass is 31.3. The first-order chi connectivity index (χ1) is 22.4. The number of ether oxygens (including phenoxy) is 2. The number of anilines is 1. The number of imidazole rings is 1. The number of hydrogen-bond donors (Lipinski definition) is 9. The molecule has 0 aromatic carbocycles. The van der Waals surface area contributed by atoms with Gasteiger partial charge in [0.1, 0.15) is 54.2 Å². The van der Waals surface area contributed by atoms with E-state index in [0.29, 0.717) is 6.42 Å². The van der Waals surface area contributed by atoms with E-state index in [1.54, 1.807) is 6.08 Å². The largest absolute Gasteiger partial charge is 0.481 e. The minimum Gasteiger partial charge on any atom is -0.387 e. The molecule has 3 aliphatic rings. The van der Waals surface area contributed by atoms with E-state index in [0.717, 1.165) is 22.1 Å². The maximum atomic E-state index is 12.6. The molecule has 0 bridgehead atoms. The summed E-state index contributed by atoms with van der Waals surface area (Å²) >= 11 is 0. The van der Waals surface area contributed by atoms with Crippen LogP contribution in [0.3, 0.4) is 0 Å². The Morgan fingerprint density at radius 2 is 1.56 bits per heavy atom. The number of carbonyl (C=O) groups is 1. The fraction of sp³-hybridized carbons (Fsp3) is 0.524. The number of phosphoric ester groups is 3. The normalized spacial score (nSPS) is 31.9. The van der Waals surface area contributed by atoms with Crippen molar-refractivity contribution >= 4 is 46.4 Å². The molecule has 2 unspecified atom stereocenters. The number of aliphatic hydroxyl groups is 3. The highest BCUT2D eigenvalue weighted by Gasteiger charge is 2.51. The van der Waals surface area contributed by atoms with Gasteiger partial charge in [0.25, 0.3) is 5.91 Å². The lowest BCUT2D eigenvalue weighted by Gasteiger charge is -2.31. The molecule has 48 heavy (non-hydrogen) atoms. The summed E-state index contributed by atoms with van der Waals surface area (Å²) in [5.74, 6) is -0.917. The van der Waals surface area contributed by atoms with Crippen molar-refractivity contribution in [2.24, 2.45) is 5.73 Å². The van der Waals surface area contributed by atoms with Crippen LogP contribution >= 0.6 is 23.5 Å². The van der Waals surface area contributed by atoms with Gasteiger partial charge in [0.15, 0.2) is 23.9 Å². The molecule has 27 heteroatoms. The minimum atomic E-state index is -5.53. The summed E-state index contributed by atoms with van der Waals surface area (Å²) in [5.41, 5.74) is 11.1. The molecule has 11 N–H and O–H groups in total. The zero-order valence-electron chi connectivity index (χ0n) is 24.1. The number of aliphatic hydroxyl groups excluding tert-OH is 3. The molecular formula is C21H30N7O17P3. The van der Waals surface area contributed by atoms with Gasteiger partial charge in [-0.15, -0.1) is 0 Å². The summed E-state index contributed by atoms with van der Waals surface area (Å²) in [6.07, 6.45) is -6.41. The molecule has 0 saturated carbocycles.